The summed E-state index contributed by atoms with van der Waals surface area (Å²) in [5, 5.41) is 10.6. The number of H-pyrrole nitrogens is 1. The summed E-state index contributed by atoms with van der Waals surface area (Å²) in [7, 11) is 1.98. The lowest BCUT2D eigenvalue weighted by molar-refractivity contribution is 0.616. The second-order valence-corrected chi connectivity index (χ2v) is 5.56. The number of nitrogens with two attached hydrogens (primary N) is 1. The van der Waals surface area contributed by atoms with Crippen LogP contribution in [0.1, 0.15) is 12.0 Å². The molecule has 0 aromatic carbocycles. The van der Waals surface area contributed by atoms with Crippen LogP contribution in [0, 0.1) is 6.92 Å². The zero-order valence-electron chi connectivity index (χ0n) is 12.8. The minimum absolute atomic E-state index is 0. The minimum atomic E-state index is 0. The van der Waals surface area contributed by atoms with E-state index in [0.717, 1.165) is 36.6 Å². The largest absolute Gasteiger partial charge is 0.368 e. The van der Waals surface area contributed by atoms with E-state index in [0.29, 0.717) is 16.9 Å². The number of rotatable bonds is 3. The van der Waals surface area contributed by atoms with E-state index in [1.54, 1.807) is 0 Å². The molecular formula is C13H20Cl3N7. The van der Waals surface area contributed by atoms with Crippen LogP contribution in [0.25, 0.3) is 11.4 Å². The van der Waals surface area contributed by atoms with Gasteiger partial charge < -0.3 is 16.0 Å². The van der Waals surface area contributed by atoms with Crippen molar-refractivity contribution in [3.8, 4) is 11.4 Å². The highest BCUT2D eigenvalue weighted by molar-refractivity contribution is 6.30. The van der Waals surface area contributed by atoms with E-state index in [1.165, 1.54) is 0 Å². The highest BCUT2D eigenvalue weighted by atomic mass is 35.5. The Morgan fingerprint density at radius 2 is 2.13 bits per heavy atom. The molecule has 7 nitrogen and oxygen atoms in total. The molecule has 4 N–H and O–H groups in total. The molecule has 0 radical (unpaired) electrons. The lowest BCUT2D eigenvalue weighted by Crippen LogP contribution is -2.30. The number of hydrogen-bond acceptors (Lipinski definition) is 6. The summed E-state index contributed by atoms with van der Waals surface area (Å²) in [6.07, 6.45) is 1.09. The fourth-order valence-corrected chi connectivity index (χ4v) is 2.71. The van der Waals surface area contributed by atoms with Crippen molar-refractivity contribution in [2.75, 3.05) is 30.8 Å². The number of likely N-dealkylation sites (N-methyl/N-ethyl adjacent to an activating group) is 1. The van der Waals surface area contributed by atoms with Crippen LogP contribution >= 0.6 is 36.4 Å². The molecule has 1 saturated heterocycles. The Bertz CT molecular complexity index is 661. The molecule has 0 spiro atoms. The highest BCUT2D eigenvalue weighted by Crippen LogP contribution is 2.28. The summed E-state index contributed by atoms with van der Waals surface area (Å²) in [5.74, 6) is 1.08. The number of aromatic amines is 1. The molecule has 128 valence electrons. The van der Waals surface area contributed by atoms with Gasteiger partial charge in [0.15, 0.2) is 5.15 Å². The van der Waals surface area contributed by atoms with Crippen LogP contribution < -0.4 is 16.0 Å². The standard InChI is InChI=1S/C13H18ClN7.2ClH/c1-7-11(19-20-12(7)14)9-5-10(18-13(15)17-9)21-4-3-8(6-21)16-2;;/h5,8,16H,3-4,6H2,1-2H3,(H,19,20)(H2,15,17,18);2*1H/t8-;;/m1../s1. The van der Waals surface area contributed by atoms with Gasteiger partial charge in [0, 0.05) is 30.8 Å². The molecule has 23 heavy (non-hydrogen) atoms. The second-order valence-electron chi connectivity index (χ2n) is 5.20. The first-order valence-electron chi connectivity index (χ1n) is 6.86. The van der Waals surface area contributed by atoms with Gasteiger partial charge in [-0.1, -0.05) is 11.6 Å². The van der Waals surface area contributed by atoms with Crippen molar-refractivity contribution in [3.05, 3.63) is 16.8 Å². The van der Waals surface area contributed by atoms with Crippen LogP contribution in [0.3, 0.4) is 0 Å². The molecule has 0 unspecified atom stereocenters. The lowest BCUT2D eigenvalue weighted by Gasteiger charge is -2.18. The molecule has 1 fully saturated rings. The molecular weight excluding hydrogens is 361 g/mol. The number of halogens is 3. The summed E-state index contributed by atoms with van der Waals surface area (Å²) in [5.41, 5.74) is 8.20. The Balaban J connectivity index is 0.00000132. The van der Waals surface area contributed by atoms with Gasteiger partial charge in [-0.05, 0) is 20.4 Å². The Morgan fingerprint density at radius 3 is 2.70 bits per heavy atom. The lowest BCUT2D eigenvalue weighted by atomic mass is 10.2. The molecule has 3 rings (SSSR count). The van der Waals surface area contributed by atoms with Gasteiger partial charge in [-0.3, -0.25) is 5.10 Å². The zero-order valence-corrected chi connectivity index (χ0v) is 15.2. The van der Waals surface area contributed by atoms with Crippen molar-refractivity contribution in [1.82, 2.24) is 25.5 Å². The Morgan fingerprint density at radius 1 is 1.39 bits per heavy atom. The van der Waals surface area contributed by atoms with Crippen molar-refractivity contribution in [3.63, 3.8) is 0 Å². The third-order valence-corrected chi connectivity index (χ3v) is 4.22. The highest BCUT2D eigenvalue weighted by Gasteiger charge is 2.23. The Hall–Kier alpha value is -1.28. The van der Waals surface area contributed by atoms with Gasteiger partial charge in [0.25, 0.3) is 0 Å². The maximum absolute atomic E-state index is 5.99. The van der Waals surface area contributed by atoms with Gasteiger partial charge in [0.1, 0.15) is 5.82 Å². The fourth-order valence-electron chi connectivity index (χ4n) is 2.57. The topological polar surface area (TPSA) is 95.8 Å². The van der Waals surface area contributed by atoms with Crippen LogP contribution in [0.5, 0.6) is 0 Å². The molecule has 3 heterocycles. The first kappa shape index (κ1) is 19.8. The predicted octanol–water partition coefficient (Wildman–Crippen LogP) is 2.05. The number of anilines is 2. The third-order valence-electron chi connectivity index (χ3n) is 3.86. The summed E-state index contributed by atoms with van der Waals surface area (Å²) in [4.78, 5) is 10.8. The number of aromatic nitrogens is 4. The first-order chi connectivity index (χ1) is 10.1. The quantitative estimate of drug-likeness (QED) is 0.754. The maximum atomic E-state index is 5.99. The molecule has 2 aromatic rings. The molecule has 0 saturated carbocycles. The number of nitrogens with zero attached hydrogens (tertiary/aromatic N) is 4. The van der Waals surface area contributed by atoms with Gasteiger partial charge >= 0.3 is 0 Å². The number of hydrogen-bond donors (Lipinski definition) is 3. The average molecular weight is 381 g/mol. The maximum Gasteiger partial charge on any atom is 0.222 e. The minimum Gasteiger partial charge on any atom is -0.368 e. The Kier molecular flexibility index (Phi) is 6.88. The molecule has 0 bridgehead atoms. The van der Waals surface area contributed by atoms with E-state index in [2.05, 4.69) is 30.4 Å². The average Bonchev–Trinajstić information content (AvgIpc) is 3.06. The van der Waals surface area contributed by atoms with Crippen molar-refractivity contribution >= 4 is 48.2 Å². The van der Waals surface area contributed by atoms with E-state index >= 15 is 0 Å². The summed E-state index contributed by atoms with van der Waals surface area (Å²) >= 11 is 5.99. The molecule has 0 amide bonds. The summed E-state index contributed by atoms with van der Waals surface area (Å²) in [6, 6.07) is 2.40. The fraction of sp³-hybridized carbons (Fsp3) is 0.462. The van der Waals surface area contributed by atoms with Crippen molar-refractivity contribution in [1.29, 1.82) is 0 Å². The summed E-state index contributed by atoms with van der Waals surface area (Å²) in [6.45, 7) is 3.76. The zero-order chi connectivity index (χ0) is 15.0. The molecule has 1 aliphatic rings. The van der Waals surface area contributed by atoms with Crippen molar-refractivity contribution in [2.45, 2.75) is 19.4 Å². The molecule has 10 heteroatoms. The van der Waals surface area contributed by atoms with Crippen LogP contribution in [-0.4, -0.2) is 46.3 Å². The van der Waals surface area contributed by atoms with Crippen molar-refractivity contribution < 1.29 is 0 Å². The van der Waals surface area contributed by atoms with E-state index in [4.69, 9.17) is 17.3 Å². The van der Waals surface area contributed by atoms with E-state index < -0.39 is 0 Å². The van der Waals surface area contributed by atoms with Gasteiger partial charge in [-0.15, -0.1) is 24.8 Å². The summed E-state index contributed by atoms with van der Waals surface area (Å²) < 4.78 is 0. The molecule has 1 aliphatic heterocycles. The van der Waals surface area contributed by atoms with Crippen molar-refractivity contribution in [2.24, 2.45) is 0 Å². The first-order valence-corrected chi connectivity index (χ1v) is 7.24. The van der Waals surface area contributed by atoms with Gasteiger partial charge in [0.05, 0.1) is 11.4 Å². The second kappa shape index (κ2) is 8.01. The van der Waals surface area contributed by atoms with Crippen LogP contribution in [0.4, 0.5) is 11.8 Å². The molecule has 2 aromatic heterocycles. The predicted molar refractivity (Wildman–Crippen MR) is 97.9 cm³/mol. The smallest absolute Gasteiger partial charge is 0.222 e. The van der Waals surface area contributed by atoms with Gasteiger partial charge in [-0.2, -0.15) is 10.1 Å². The van der Waals surface area contributed by atoms with Gasteiger partial charge in [-0.25, -0.2) is 4.98 Å². The monoisotopic (exact) mass is 379 g/mol. The molecule has 1 atom stereocenters. The van der Waals surface area contributed by atoms with Crippen LogP contribution in [-0.2, 0) is 0 Å². The number of nitrogen functional groups attached to an aromatic ring is 1. The molecule has 0 aliphatic carbocycles. The van der Waals surface area contributed by atoms with E-state index in [9.17, 15) is 0 Å². The van der Waals surface area contributed by atoms with Crippen LogP contribution in [0.15, 0.2) is 6.07 Å². The SMILES string of the molecule is CN[C@@H]1CCN(c2cc(-c3[nH]nc(Cl)c3C)nc(N)n2)C1.Cl.Cl. The third kappa shape index (κ3) is 3.98. The van der Waals surface area contributed by atoms with E-state index in [-0.39, 0.29) is 30.8 Å². The number of nitrogens with one attached hydrogen (secondary N) is 2. The van der Waals surface area contributed by atoms with E-state index in [1.807, 2.05) is 20.0 Å². The Labute approximate surface area is 152 Å². The normalized spacial score (nSPS) is 16.8. The van der Waals surface area contributed by atoms with Crippen LogP contribution in [0.2, 0.25) is 5.15 Å². The van der Waals surface area contributed by atoms with Gasteiger partial charge in [0.2, 0.25) is 5.95 Å².